The van der Waals surface area contributed by atoms with Crippen molar-refractivity contribution in [1.82, 2.24) is 10.2 Å². The van der Waals surface area contributed by atoms with Crippen LogP contribution in [0, 0.1) is 5.82 Å². The van der Waals surface area contributed by atoms with Gasteiger partial charge in [0.15, 0.2) is 11.6 Å². The maximum absolute atomic E-state index is 13.1. The number of hydrogen-bond acceptors (Lipinski definition) is 3. The van der Waals surface area contributed by atoms with Crippen molar-refractivity contribution in [3.8, 4) is 5.75 Å². The number of halogens is 1. The number of phenolic OH excluding ortho intramolecular Hbond substituents is 1. The summed E-state index contributed by atoms with van der Waals surface area (Å²) in [4.78, 5) is 14.1. The first-order valence-corrected chi connectivity index (χ1v) is 6.66. The van der Waals surface area contributed by atoms with E-state index >= 15 is 0 Å². The van der Waals surface area contributed by atoms with Crippen molar-refractivity contribution in [3.05, 3.63) is 29.6 Å². The van der Waals surface area contributed by atoms with E-state index in [4.69, 9.17) is 5.11 Å². The number of carbonyl (C=O) groups is 1. The summed E-state index contributed by atoms with van der Waals surface area (Å²) in [5, 5.41) is 11.8. The largest absolute Gasteiger partial charge is 0.505 e. The minimum absolute atomic E-state index is 0.231. The van der Waals surface area contributed by atoms with Gasteiger partial charge in [0.2, 0.25) is 0 Å². The molecule has 1 aromatic carbocycles. The Morgan fingerprint density at radius 1 is 1.32 bits per heavy atom. The first-order chi connectivity index (χ1) is 9.16. The normalized spacial score (nSPS) is 16.3. The number of nitrogens with zero attached hydrogens (tertiary/aromatic N) is 1. The van der Waals surface area contributed by atoms with E-state index in [0.717, 1.165) is 25.7 Å². The van der Waals surface area contributed by atoms with E-state index in [2.05, 4.69) is 10.2 Å². The molecule has 1 aliphatic heterocycles. The fourth-order valence-corrected chi connectivity index (χ4v) is 2.26. The summed E-state index contributed by atoms with van der Waals surface area (Å²) in [6.45, 7) is 3.56. The van der Waals surface area contributed by atoms with Gasteiger partial charge in [-0.3, -0.25) is 4.79 Å². The van der Waals surface area contributed by atoms with Crippen LogP contribution in [0.15, 0.2) is 18.2 Å². The zero-order valence-corrected chi connectivity index (χ0v) is 10.9. The number of benzene rings is 1. The molecule has 0 aliphatic carbocycles. The van der Waals surface area contributed by atoms with Gasteiger partial charge in [0, 0.05) is 18.7 Å². The van der Waals surface area contributed by atoms with Gasteiger partial charge in [-0.15, -0.1) is 0 Å². The van der Waals surface area contributed by atoms with Crippen LogP contribution < -0.4 is 5.32 Å². The summed E-state index contributed by atoms with van der Waals surface area (Å²) in [6.07, 6.45) is 3.73. The van der Waals surface area contributed by atoms with Crippen molar-refractivity contribution in [2.24, 2.45) is 0 Å². The zero-order valence-electron chi connectivity index (χ0n) is 10.9. The van der Waals surface area contributed by atoms with Gasteiger partial charge in [0.25, 0.3) is 5.91 Å². The average Bonchev–Trinajstić information content (AvgIpc) is 2.43. The Morgan fingerprint density at radius 3 is 2.74 bits per heavy atom. The Bertz CT molecular complexity index is 445. The number of rotatable bonds is 4. The quantitative estimate of drug-likeness (QED) is 0.873. The van der Waals surface area contributed by atoms with E-state index in [1.807, 2.05) is 0 Å². The van der Waals surface area contributed by atoms with E-state index in [9.17, 15) is 9.18 Å². The molecule has 0 spiro atoms. The lowest BCUT2D eigenvalue weighted by atomic mass is 10.1. The fraction of sp³-hybridized carbons (Fsp3) is 0.500. The Morgan fingerprint density at radius 2 is 2.05 bits per heavy atom. The third-order valence-electron chi connectivity index (χ3n) is 3.37. The summed E-state index contributed by atoms with van der Waals surface area (Å²) in [5.74, 6) is -1.52. The molecule has 4 nitrogen and oxygen atoms in total. The first-order valence-electron chi connectivity index (χ1n) is 6.66. The molecule has 1 amide bonds. The highest BCUT2D eigenvalue weighted by Gasteiger charge is 2.11. The molecule has 104 valence electrons. The summed E-state index contributed by atoms with van der Waals surface area (Å²) < 4.78 is 13.1. The van der Waals surface area contributed by atoms with Crippen molar-refractivity contribution in [3.63, 3.8) is 0 Å². The van der Waals surface area contributed by atoms with Crippen molar-refractivity contribution in [2.45, 2.75) is 19.3 Å². The molecule has 1 fully saturated rings. The highest BCUT2D eigenvalue weighted by Crippen LogP contribution is 2.16. The summed E-state index contributed by atoms with van der Waals surface area (Å²) in [6, 6.07) is 3.65. The second kappa shape index (κ2) is 6.52. The second-order valence-corrected chi connectivity index (χ2v) is 4.82. The van der Waals surface area contributed by atoms with Crippen molar-refractivity contribution >= 4 is 5.91 Å². The van der Waals surface area contributed by atoms with E-state index in [1.54, 1.807) is 0 Å². The third kappa shape index (κ3) is 3.92. The smallest absolute Gasteiger partial charge is 0.251 e. The zero-order chi connectivity index (χ0) is 13.7. The van der Waals surface area contributed by atoms with E-state index in [0.29, 0.717) is 6.54 Å². The number of carbonyl (C=O) groups excluding carboxylic acids is 1. The molecule has 1 saturated heterocycles. The lowest BCUT2D eigenvalue weighted by Crippen LogP contribution is -2.37. The Labute approximate surface area is 112 Å². The Balaban J connectivity index is 1.78. The fourth-order valence-electron chi connectivity index (χ4n) is 2.26. The van der Waals surface area contributed by atoms with Gasteiger partial charge in [0.1, 0.15) is 0 Å². The van der Waals surface area contributed by atoms with Gasteiger partial charge in [-0.05, 0) is 44.1 Å². The maximum Gasteiger partial charge on any atom is 0.251 e. The molecular weight excluding hydrogens is 247 g/mol. The lowest BCUT2D eigenvalue weighted by Gasteiger charge is -2.26. The molecule has 0 radical (unpaired) electrons. The maximum atomic E-state index is 13.1. The second-order valence-electron chi connectivity index (χ2n) is 4.82. The SMILES string of the molecule is O=C(NCCN1CCCCC1)c1ccc(O)c(F)c1. The molecule has 1 aromatic rings. The number of phenols is 1. The molecule has 5 heteroatoms. The lowest BCUT2D eigenvalue weighted by molar-refractivity contribution is 0.0946. The van der Waals surface area contributed by atoms with Crippen LogP contribution in [-0.4, -0.2) is 42.1 Å². The summed E-state index contributed by atoms with van der Waals surface area (Å²) in [5.41, 5.74) is 0.231. The molecule has 0 atom stereocenters. The minimum atomic E-state index is -0.774. The molecular formula is C14H19FN2O2. The van der Waals surface area contributed by atoms with Gasteiger partial charge >= 0.3 is 0 Å². The molecule has 0 unspecified atom stereocenters. The number of nitrogens with one attached hydrogen (secondary N) is 1. The van der Waals surface area contributed by atoms with Crippen molar-refractivity contribution in [1.29, 1.82) is 0 Å². The van der Waals surface area contributed by atoms with E-state index in [1.165, 1.54) is 31.4 Å². The molecule has 2 rings (SSSR count). The third-order valence-corrected chi connectivity index (χ3v) is 3.37. The molecule has 0 aromatic heterocycles. The van der Waals surface area contributed by atoms with Crippen molar-refractivity contribution < 1.29 is 14.3 Å². The van der Waals surface area contributed by atoms with Gasteiger partial charge in [-0.1, -0.05) is 6.42 Å². The number of amides is 1. The average molecular weight is 266 g/mol. The van der Waals surface area contributed by atoms with Crippen LogP contribution in [0.25, 0.3) is 0 Å². The standard InChI is InChI=1S/C14H19FN2O2/c15-12-10-11(4-5-13(12)18)14(19)16-6-9-17-7-2-1-3-8-17/h4-5,10,18H,1-3,6-9H2,(H,16,19). The molecule has 19 heavy (non-hydrogen) atoms. The van der Waals surface area contributed by atoms with E-state index < -0.39 is 11.6 Å². The first kappa shape index (κ1) is 13.8. The highest BCUT2D eigenvalue weighted by atomic mass is 19.1. The van der Waals surface area contributed by atoms with Crippen LogP contribution in [0.5, 0.6) is 5.75 Å². The number of hydrogen-bond donors (Lipinski definition) is 2. The summed E-state index contributed by atoms with van der Waals surface area (Å²) >= 11 is 0. The number of likely N-dealkylation sites (tertiary alicyclic amines) is 1. The van der Waals surface area contributed by atoms with Crippen LogP contribution in [-0.2, 0) is 0 Å². The van der Waals surface area contributed by atoms with Crippen molar-refractivity contribution in [2.75, 3.05) is 26.2 Å². The van der Waals surface area contributed by atoms with E-state index in [-0.39, 0.29) is 11.5 Å². The van der Waals surface area contributed by atoms with Gasteiger partial charge in [-0.2, -0.15) is 0 Å². The molecule has 0 saturated carbocycles. The Kier molecular flexibility index (Phi) is 4.74. The van der Waals surface area contributed by atoms with Crippen LogP contribution in [0.1, 0.15) is 29.6 Å². The molecule has 1 aliphatic rings. The summed E-state index contributed by atoms with van der Waals surface area (Å²) in [7, 11) is 0. The number of piperidine rings is 1. The number of aromatic hydroxyl groups is 1. The van der Waals surface area contributed by atoms with Crippen LogP contribution in [0.2, 0.25) is 0 Å². The van der Waals surface area contributed by atoms with Crippen LogP contribution in [0.3, 0.4) is 0 Å². The highest BCUT2D eigenvalue weighted by molar-refractivity contribution is 5.94. The predicted octanol–water partition coefficient (Wildman–Crippen LogP) is 1.75. The predicted molar refractivity (Wildman–Crippen MR) is 70.7 cm³/mol. The monoisotopic (exact) mass is 266 g/mol. The van der Waals surface area contributed by atoms with Gasteiger partial charge < -0.3 is 15.3 Å². The topological polar surface area (TPSA) is 52.6 Å². The molecule has 0 bridgehead atoms. The van der Waals surface area contributed by atoms with Gasteiger partial charge in [0.05, 0.1) is 0 Å². The minimum Gasteiger partial charge on any atom is -0.505 e. The van der Waals surface area contributed by atoms with Crippen LogP contribution >= 0.6 is 0 Å². The van der Waals surface area contributed by atoms with Gasteiger partial charge in [-0.25, -0.2) is 4.39 Å². The van der Waals surface area contributed by atoms with Crippen LogP contribution in [0.4, 0.5) is 4.39 Å². The Hall–Kier alpha value is -1.62. The molecule has 1 heterocycles. The molecule has 2 N–H and O–H groups in total.